The summed E-state index contributed by atoms with van der Waals surface area (Å²) in [7, 11) is 4.11. The zero-order valence-corrected chi connectivity index (χ0v) is 13.3. The first-order valence-corrected chi connectivity index (χ1v) is 7.57. The largest absolute Gasteiger partial charge is 0.351 e. The molecule has 0 aliphatic carbocycles. The van der Waals surface area contributed by atoms with Gasteiger partial charge in [-0.3, -0.25) is 4.79 Å². The van der Waals surface area contributed by atoms with Crippen LogP contribution in [0.4, 0.5) is 0 Å². The molecule has 0 aromatic carbocycles. The van der Waals surface area contributed by atoms with Crippen LogP contribution in [0.25, 0.3) is 0 Å². The maximum Gasteiger partial charge on any atom is 0.227 e. The number of hydrogen-bond acceptors (Lipinski definition) is 3. The van der Waals surface area contributed by atoms with Crippen LogP contribution in [0.2, 0.25) is 0 Å². The van der Waals surface area contributed by atoms with Gasteiger partial charge in [0.2, 0.25) is 5.91 Å². The number of hydrogen-bond donors (Lipinski definition) is 2. The molecule has 0 spiro atoms. The molecule has 1 rings (SSSR count). The average molecular weight is 269 g/mol. The SMILES string of the molecule is CCCC1(C(=O)NC(CN(C)C)C(C)C)CCNC1. The van der Waals surface area contributed by atoms with Crippen LogP contribution in [0, 0.1) is 11.3 Å². The highest BCUT2D eigenvalue weighted by atomic mass is 16.2. The molecule has 1 fully saturated rings. The molecule has 19 heavy (non-hydrogen) atoms. The summed E-state index contributed by atoms with van der Waals surface area (Å²) < 4.78 is 0. The van der Waals surface area contributed by atoms with E-state index in [1.54, 1.807) is 0 Å². The molecule has 4 heteroatoms. The summed E-state index contributed by atoms with van der Waals surface area (Å²) in [6.45, 7) is 9.21. The summed E-state index contributed by atoms with van der Waals surface area (Å²) in [6, 6.07) is 0.233. The Bertz CT molecular complexity index is 283. The smallest absolute Gasteiger partial charge is 0.227 e. The van der Waals surface area contributed by atoms with Gasteiger partial charge in [-0.1, -0.05) is 27.2 Å². The molecule has 0 aromatic heterocycles. The van der Waals surface area contributed by atoms with Crippen molar-refractivity contribution in [2.45, 2.75) is 46.1 Å². The molecule has 2 unspecified atom stereocenters. The highest BCUT2D eigenvalue weighted by Crippen LogP contribution is 2.31. The molecule has 0 bridgehead atoms. The van der Waals surface area contributed by atoms with Crippen molar-refractivity contribution in [3.63, 3.8) is 0 Å². The van der Waals surface area contributed by atoms with Crippen LogP contribution in [-0.4, -0.2) is 50.6 Å². The summed E-state index contributed by atoms with van der Waals surface area (Å²) in [5, 5.41) is 6.65. The number of amides is 1. The first-order valence-electron chi connectivity index (χ1n) is 7.57. The van der Waals surface area contributed by atoms with Crippen LogP contribution in [0.15, 0.2) is 0 Å². The number of rotatable bonds is 7. The number of nitrogens with one attached hydrogen (secondary N) is 2. The maximum absolute atomic E-state index is 12.7. The van der Waals surface area contributed by atoms with Gasteiger partial charge in [-0.25, -0.2) is 0 Å². The maximum atomic E-state index is 12.7. The summed E-state index contributed by atoms with van der Waals surface area (Å²) in [6.07, 6.45) is 3.02. The van der Waals surface area contributed by atoms with E-state index in [1.165, 1.54) is 0 Å². The van der Waals surface area contributed by atoms with E-state index in [-0.39, 0.29) is 17.4 Å². The van der Waals surface area contributed by atoms with Gasteiger partial charge in [-0.2, -0.15) is 0 Å². The fourth-order valence-corrected chi connectivity index (χ4v) is 2.88. The van der Waals surface area contributed by atoms with Crippen molar-refractivity contribution in [3.8, 4) is 0 Å². The normalized spacial score (nSPS) is 25.0. The highest BCUT2D eigenvalue weighted by Gasteiger charge is 2.41. The lowest BCUT2D eigenvalue weighted by molar-refractivity contribution is -0.131. The predicted octanol–water partition coefficient (Wildman–Crippen LogP) is 1.47. The Kier molecular flexibility index (Phi) is 6.27. The molecular formula is C15H31N3O. The van der Waals surface area contributed by atoms with Gasteiger partial charge in [0.1, 0.15) is 0 Å². The minimum absolute atomic E-state index is 0.172. The summed E-state index contributed by atoms with van der Waals surface area (Å²) in [4.78, 5) is 14.8. The van der Waals surface area contributed by atoms with Gasteiger partial charge in [0.15, 0.2) is 0 Å². The van der Waals surface area contributed by atoms with E-state index in [0.717, 1.165) is 38.9 Å². The van der Waals surface area contributed by atoms with Gasteiger partial charge < -0.3 is 15.5 Å². The molecule has 0 aromatic rings. The van der Waals surface area contributed by atoms with Crippen molar-refractivity contribution in [1.29, 1.82) is 0 Å². The van der Waals surface area contributed by atoms with E-state index in [4.69, 9.17) is 0 Å². The van der Waals surface area contributed by atoms with Crippen LogP contribution < -0.4 is 10.6 Å². The van der Waals surface area contributed by atoms with Crippen molar-refractivity contribution in [2.24, 2.45) is 11.3 Å². The number of likely N-dealkylation sites (N-methyl/N-ethyl adjacent to an activating group) is 1. The lowest BCUT2D eigenvalue weighted by Crippen LogP contribution is -2.51. The molecule has 4 nitrogen and oxygen atoms in total. The molecule has 0 saturated carbocycles. The number of nitrogens with zero attached hydrogens (tertiary/aromatic N) is 1. The molecular weight excluding hydrogens is 238 g/mol. The Morgan fingerprint density at radius 2 is 2.11 bits per heavy atom. The van der Waals surface area contributed by atoms with E-state index < -0.39 is 0 Å². The van der Waals surface area contributed by atoms with Gasteiger partial charge in [-0.15, -0.1) is 0 Å². The van der Waals surface area contributed by atoms with E-state index in [9.17, 15) is 4.79 Å². The third-order valence-corrected chi connectivity index (χ3v) is 4.14. The molecule has 1 heterocycles. The minimum atomic E-state index is -0.172. The van der Waals surface area contributed by atoms with Crippen molar-refractivity contribution in [3.05, 3.63) is 0 Å². The van der Waals surface area contributed by atoms with Crippen molar-refractivity contribution < 1.29 is 4.79 Å². The Hall–Kier alpha value is -0.610. The second-order valence-corrected chi connectivity index (χ2v) is 6.54. The molecule has 2 atom stereocenters. The Balaban J connectivity index is 2.68. The van der Waals surface area contributed by atoms with E-state index >= 15 is 0 Å². The van der Waals surface area contributed by atoms with Crippen LogP contribution in [-0.2, 0) is 4.79 Å². The quantitative estimate of drug-likeness (QED) is 0.735. The standard InChI is InChI=1S/C15H31N3O/c1-6-7-15(8-9-16-11-15)14(19)17-13(12(2)3)10-18(4)5/h12-13,16H,6-11H2,1-5H3,(H,17,19). The predicted molar refractivity (Wildman–Crippen MR) is 80.2 cm³/mol. The molecule has 1 aliphatic heterocycles. The first kappa shape index (κ1) is 16.4. The Labute approximate surface area is 118 Å². The van der Waals surface area contributed by atoms with Gasteiger partial charge in [0.25, 0.3) is 0 Å². The van der Waals surface area contributed by atoms with Crippen LogP contribution in [0.1, 0.15) is 40.0 Å². The second-order valence-electron chi connectivity index (χ2n) is 6.54. The zero-order valence-electron chi connectivity index (χ0n) is 13.3. The van der Waals surface area contributed by atoms with Gasteiger partial charge in [0, 0.05) is 19.1 Å². The number of carbonyl (C=O) groups is 1. The van der Waals surface area contributed by atoms with Crippen LogP contribution in [0.5, 0.6) is 0 Å². The first-order chi connectivity index (χ1) is 8.91. The monoisotopic (exact) mass is 269 g/mol. The fourth-order valence-electron chi connectivity index (χ4n) is 2.88. The molecule has 112 valence electrons. The summed E-state index contributed by atoms with van der Waals surface area (Å²) in [5.41, 5.74) is -0.172. The van der Waals surface area contributed by atoms with E-state index in [2.05, 4.69) is 50.4 Å². The Morgan fingerprint density at radius 3 is 2.53 bits per heavy atom. The third kappa shape index (κ3) is 4.46. The lowest BCUT2D eigenvalue weighted by Gasteiger charge is -2.32. The van der Waals surface area contributed by atoms with Crippen LogP contribution >= 0.6 is 0 Å². The van der Waals surface area contributed by atoms with Crippen molar-refractivity contribution in [1.82, 2.24) is 15.5 Å². The molecule has 2 N–H and O–H groups in total. The topological polar surface area (TPSA) is 44.4 Å². The van der Waals surface area contributed by atoms with E-state index in [1.807, 2.05) is 0 Å². The van der Waals surface area contributed by atoms with Gasteiger partial charge in [0.05, 0.1) is 5.41 Å². The molecule has 1 aliphatic rings. The molecule has 0 radical (unpaired) electrons. The summed E-state index contributed by atoms with van der Waals surface area (Å²) >= 11 is 0. The average Bonchev–Trinajstić information content (AvgIpc) is 2.77. The fraction of sp³-hybridized carbons (Fsp3) is 0.933. The molecule has 1 saturated heterocycles. The summed E-state index contributed by atoms with van der Waals surface area (Å²) in [5.74, 6) is 0.708. The third-order valence-electron chi connectivity index (χ3n) is 4.14. The Morgan fingerprint density at radius 1 is 1.42 bits per heavy atom. The van der Waals surface area contributed by atoms with Crippen molar-refractivity contribution >= 4 is 5.91 Å². The zero-order chi connectivity index (χ0) is 14.5. The number of carbonyl (C=O) groups excluding carboxylic acids is 1. The van der Waals surface area contributed by atoms with Gasteiger partial charge in [-0.05, 0) is 39.4 Å². The van der Waals surface area contributed by atoms with Gasteiger partial charge >= 0.3 is 0 Å². The van der Waals surface area contributed by atoms with Crippen LogP contribution in [0.3, 0.4) is 0 Å². The van der Waals surface area contributed by atoms with Crippen molar-refractivity contribution in [2.75, 3.05) is 33.7 Å². The minimum Gasteiger partial charge on any atom is -0.351 e. The van der Waals surface area contributed by atoms with E-state index in [0.29, 0.717) is 5.92 Å². The highest BCUT2D eigenvalue weighted by molar-refractivity contribution is 5.83. The lowest BCUT2D eigenvalue weighted by atomic mass is 9.81. The second kappa shape index (κ2) is 7.25. The molecule has 1 amide bonds.